The average molecular weight is 281 g/mol. The average Bonchev–Trinajstić information content (AvgIpc) is 2.94. The number of hydrogen-bond acceptors (Lipinski definition) is 4. The van der Waals surface area contributed by atoms with E-state index >= 15 is 0 Å². The van der Waals surface area contributed by atoms with Crippen LogP contribution in [0.25, 0.3) is 0 Å². The summed E-state index contributed by atoms with van der Waals surface area (Å²) in [4.78, 5) is 5.17. The SMILES string of the molecule is CCCN1CCN(CCNCCc2ccsc2)CC1. The van der Waals surface area contributed by atoms with Crippen molar-refractivity contribution in [1.82, 2.24) is 15.1 Å². The molecule has 1 fully saturated rings. The van der Waals surface area contributed by atoms with Crippen LogP contribution in [-0.4, -0.2) is 62.2 Å². The van der Waals surface area contributed by atoms with E-state index in [9.17, 15) is 0 Å². The van der Waals surface area contributed by atoms with Gasteiger partial charge in [0.1, 0.15) is 0 Å². The normalized spacial score (nSPS) is 17.9. The summed E-state index contributed by atoms with van der Waals surface area (Å²) in [5, 5.41) is 7.96. The minimum Gasteiger partial charge on any atom is -0.315 e. The number of thiophene rings is 1. The third-order valence-electron chi connectivity index (χ3n) is 3.78. The number of rotatable bonds is 8. The van der Waals surface area contributed by atoms with Gasteiger partial charge in [0.15, 0.2) is 0 Å². The molecule has 0 unspecified atom stereocenters. The molecule has 0 atom stereocenters. The van der Waals surface area contributed by atoms with Crippen LogP contribution in [0.4, 0.5) is 0 Å². The van der Waals surface area contributed by atoms with E-state index in [2.05, 4.69) is 38.9 Å². The highest BCUT2D eigenvalue weighted by molar-refractivity contribution is 7.07. The molecule has 4 heteroatoms. The molecule has 19 heavy (non-hydrogen) atoms. The van der Waals surface area contributed by atoms with Crippen LogP contribution in [0, 0.1) is 0 Å². The summed E-state index contributed by atoms with van der Waals surface area (Å²) in [5.41, 5.74) is 1.46. The minimum absolute atomic E-state index is 1.10. The van der Waals surface area contributed by atoms with Crippen LogP contribution in [0.2, 0.25) is 0 Å². The van der Waals surface area contributed by atoms with E-state index in [0.717, 1.165) is 19.5 Å². The van der Waals surface area contributed by atoms with Crippen LogP contribution < -0.4 is 5.32 Å². The lowest BCUT2D eigenvalue weighted by molar-refractivity contribution is 0.133. The highest BCUT2D eigenvalue weighted by Gasteiger charge is 2.14. The Hall–Kier alpha value is -0.420. The van der Waals surface area contributed by atoms with Gasteiger partial charge in [-0.05, 0) is 48.3 Å². The van der Waals surface area contributed by atoms with Crippen molar-refractivity contribution in [1.29, 1.82) is 0 Å². The Morgan fingerprint density at radius 3 is 2.47 bits per heavy atom. The smallest absolute Gasteiger partial charge is 0.0110 e. The van der Waals surface area contributed by atoms with Gasteiger partial charge in [-0.2, -0.15) is 11.3 Å². The molecule has 0 amide bonds. The Kier molecular flexibility index (Phi) is 6.85. The van der Waals surface area contributed by atoms with Crippen LogP contribution in [0.5, 0.6) is 0 Å². The first-order valence-corrected chi connectivity index (χ1v) is 8.49. The molecule has 108 valence electrons. The molecule has 1 aromatic heterocycles. The molecule has 0 spiro atoms. The van der Waals surface area contributed by atoms with Crippen LogP contribution in [0.1, 0.15) is 18.9 Å². The molecule has 1 aliphatic rings. The van der Waals surface area contributed by atoms with Crippen molar-refractivity contribution >= 4 is 11.3 Å². The van der Waals surface area contributed by atoms with Crippen molar-refractivity contribution in [2.75, 3.05) is 52.4 Å². The lowest BCUT2D eigenvalue weighted by Crippen LogP contribution is -2.48. The number of nitrogens with one attached hydrogen (secondary N) is 1. The summed E-state index contributed by atoms with van der Waals surface area (Å²) in [6.07, 6.45) is 2.44. The van der Waals surface area contributed by atoms with Crippen molar-refractivity contribution < 1.29 is 0 Å². The first kappa shape index (κ1) is 15.0. The Morgan fingerprint density at radius 1 is 1.11 bits per heavy atom. The largest absolute Gasteiger partial charge is 0.315 e. The van der Waals surface area contributed by atoms with E-state index in [4.69, 9.17) is 0 Å². The molecule has 1 N–H and O–H groups in total. The zero-order valence-electron chi connectivity index (χ0n) is 12.1. The maximum Gasteiger partial charge on any atom is 0.0110 e. The minimum atomic E-state index is 1.10. The van der Waals surface area contributed by atoms with Crippen molar-refractivity contribution in [3.8, 4) is 0 Å². The molecule has 0 aromatic carbocycles. The van der Waals surface area contributed by atoms with E-state index < -0.39 is 0 Å². The second-order valence-corrected chi connectivity index (χ2v) is 6.09. The van der Waals surface area contributed by atoms with E-state index in [1.165, 1.54) is 51.3 Å². The number of hydrogen-bond donors (Lipinski definition) is 1. The second kappa shape index (κ2) is 8.69. The van der Waals surface area contributed by atoms with Crippen molar-refractivity contribution in [2.45, 2.75) is 19.8 Å². The predicted molar refractivity (Wildman–Crippen MR) is 84.1 cm³/mol. The Bertz CT molecular complexity index is 318. The fraction of sp³-hybridized carbons (Fsp3) is 0.733. The molecule has 0 radical (unpaired) electrons. The summed E-state index contributed by atoms with van der Waals surface area (Å²) in [6.45, 7) is 12.0. The lowest BCUT2D eigenvalue weighted by Gasteiger charge is -2.34. The highest BCUT2D eigenvalue weighted by Crippen LogP contribution is 2.05. The fourth-order valence-corrected chi connectivity index (χ4v) is 3.29. The van der Waals surface area contributed by atoms with Gasteiger partial charge in [0.05, 0.1) is 0 Å². The van der Waals surface area contributed by atoms with Crippen LogP contribution in [0.3, 0.4) is 0 Å². The maximum absolute atomic E-state index is 3.56. The molecule has 0 aliphatic carbocycles. The lowest BCUT2D eigenvalue weighted by atomic mass is 10.2. The molecular formula is C15H27N3S. The first-order chi connectivity index (χ1) is 9.38. The zero-order chi connectivity index (χ0) is 13.3. The zero-order valence-corrected chi connectivity index (χ0v) is 12.9. The summed E-state index contributed by atoms with van der Waals surface area (Å²) in [7, 11) is 0. The fourth-order valence-electron chi connectivity index (χ4n) is 2.58. The quantitative estimate of drug-likeness (QED) is 0.734. The second-order valence-electron chi connectivity index (χ2n) is 5.31. The summed E-state index contributed by atoms with van der Waals surface area (Å²) < 4.78 is 0. The highest BCUT2D eigenvalue weighted by atomic mass is 32.1. The van der Waals surface area contributed by atoms with Crippen molar-refractivity contribution in [3.05, 3.63) is 22.4 Å². The molecule has 2 rings (SSSR count). The van der Waals surface area contributed by atoms with Gasteiger partial charge in [-0.3, -0.25) is 4.90 Å². The van der Waals surface area contributed by atoms with E-state index in [1.54, 1.807) is 11.3 Å². The molecule has 0 bridgehead atoms. The van der Waals surface area contributed by atoms with Gasteiger partial charge in [0.25, 0.3) is 0 Å². The van der Waals surface area contributed by atoms with E-state index in [0.29, 0.717) is 0 Å². The Balaban J connectivity index is 1.48. The van der Waals surface area contributed by atoms with Crippen molar-refractivity contribution in [2.24, 2.45) is 0 Å². The van der Waals surface area contributed by atoms with Gasteiger partial charge < -0.3 is 10.2 Å². The van der Waals surface area contributed by atoms with Gasteiger partial charge in [-0.25, -0.2) is 0 Å². The predicted octanol–water partition coefficient (Wildman–Crippen LogP) is 1.91. The van der Waals surface area contributed by atoms with Crippen LogP contribution in [-0.2, 0) is 6.42 Å². The van der Waals surface area contributed by atoms with Crippen LogP contribution in [0.15, 0.2) is 16.8 Å². The van der Waals surface area contributed by atoms with E-state index in [-0.39, 0.29) is 0 Å². The van der Waals surface area contributed by atoms with Gasteiger partial charge in [-0.1, -0.05) is 6.92 Å². The van der Waals surface area contributed by atoms with Crippen LogP contribution >= 0.6 is 11.3 Å². The topological polar surface area (TPSA) is 18.5 Å². The van der Waals surface area contributed by atoms with Gasteiger partial charge in [0, 0.05) is 39.3 Å². The van der Waals surface area contributed by atoms with Gasteiger partial charge >= 0.3 is 0 Å². The monoisotopic (exact) mass is 281 g/mol. The summed E-state index contributed by atoms with van der Waals surface area (Å²) in [6, 6.07) is 2.22. The molecule has 1 aromatic rings. The van der Waals surface area contributed by atoms with Gasteiger partial charge in [-0.15, -0.1) is 0 Å². The number of piperazine rings is 1. The standard InChI is InChI=1S/C15H27N3S/c1-2-7-17-9-11-18(12-10-17)8-6-16-5-3-15-4-13-19-14-15/h4,13-14,16H,2-3,5-12H2,1H3. The van der Waals surface area contributed by atoms with E-state index in [1.807, 2.05) is 0 Å². The third-order valence-corrected chi connectivity index (χ3v) is 4.51. The maximum atomic E-state index is 3.56. The first-order valence-electron chi connectivity index (χ1n) is 7.55. The Morgan fingerprint density at radius 2 is 1.84 bits per heavy atom. The molecule has 2 heterocycles. The van der Waals surface area contributed by atoms with Crippen molar-refractivity contribution in [3.63, 3.8) is 0 Å². The van der Waals surface area contributed by atoms with Gasteiger partial charge in [0.2, 0.25) is 0 Å². The molecule has 1 aliphatic heterocycles. The summed E-state index contributed by atoms with van der Waals surface area (Å²) >= 11 is 1.79. The molecule has 0 saturated carbocycles. The Labute approximate surface area is 121 Å². The molecule has 3 nitrogen and oxygen atoms in total. The molecule has 1 saturated heterocycles. The summed E-state index contributed by atoms with van der Waals surface area (Å²) in [5.74, 6) is 0. The molecular weight excluding hydrogens is 254 g/mol. The third kappa shape index (κ3) is 5.61. The number of nitrogens with zero attached hydrogens (tertiary/aromatic N) is 2.